The van der Waals surface area contributed by atoms with Crippen LogP contribution in [0.3, 0.4) is 0 Å². The van der Waals surface area contributed by atoms with Crippen LogP contribution in [0.15, 0.2) is 107 Å². The minimum atomic E-state index is -5.02. The summed E-state index contributed by atoms with van der Waals surface area (Å²) in [5.41, 5.74) is 2.15. The van der Waals surface area contributed by atoms with Crippen LogP contribution >= 0.6 is 11.6 Å². The number of carbonyl (C=O) groups excluding carboxylic acids is 6. The van der Waals surface area contributed by atoms with Gasteiger partial charge in [-0.3, -0.25) is 67.0 Å². The summed E-state index contributed by atoms with van der Waals surface area (Å²) in [6, 6.07) is 19.7. The number of alkyl halides is 6. The van der Waals surface area contributed by atoms with Crippen LogP contribution in [-0.2, 0) is 50.4 Å². The number of para-hydroxylation sites is 1. The summed E-state index contributed by atoms with van der Waals surface area (Å²) in [5.74, 6) is -2.28. The topological polar surface area (TPSA) is 294 Å². The highest BCUT2D eigenvalue weighted by molar-refractivity contribution is 6.32. The molecule has 614 valence electrons. The van der Waals surface area contributed by atoms with Crippen molar-refractivity contribution in [3.05, 3.63) is 163 Å². The third-order valence-corrected chi connectivity index (χ3v) is 25.6. The van der Waals surface area contributed by atoms with Crippen LogP contribution in [-0.4, -0.2) is 159 Å². The van der Waals surface area contributed by atoms with Gasteiger partial charge in [0.25, 0.3) is 11.8 Å². The molecule has 11 heterocycles. The first-order valence-electron chi connectivity index (χ1n) is 40.1. The first-order valence-corrected chi connectivity index (χ1v) is 40.5. The SMILES string of the molecule is COc1cc2nn([C@H]3CC[C@H](CN4CCC(c5c(Cl)ccc6c5n(C)c(=O)n6C5CCC(=O)NC5=O)CC4)CC3)cc2cc1NC(=O)c1cc(C2CN(c3cc4nn([C@H]5CC[C@H](CN6CCC(c7cccc8c7n(C)c(=O)n8C7CCC(=O)NC7=O)CC6)CC5)cc4cc3NC(=O)c3cccc(C(F)(F)F)n3)CCO2)cc(C(F)(F)F)n1. The summed E-state index contributed by atoms with van der Waals surface area (Å²) in [5, 5.41) is 22.1. The molecule has 6 aromatic heterocycles. The number of hydrogen-bond donors (Lipinski definition) is 4. The molecule has 6 amide bonds. The maximum absolute atomic E-state index is 15.1. The molecule has 0 bridgehead atoms. The van der Waals surface area contributed by atoms with Gasteiger partial charge < -0.3 is 34.8 Å². The molecule has 3 atom stereocenters. The number of morpholine rings is 1. The van der Waals surface area contributed by atoms with Gasteiger partial charge in [-0.15, -0.1) is 0 Å². The van der Waals surface area contributed by atoms with E-state index in [0.717, 1.165) is 157 Å². The molecule has 4 aromatic carbocycles. The Hall–Kier alpha value is -10.8. The number of ether oxygens (including phenoxy) is 2. The number of methoxy groups -OCH3 is 1. The number of likely N-dealkylation sites (tertiary alicyclic amines) is 2. The van der Waals surface area contributed by atoms with Crippen molar-refractivity contribution in [1.82, 2.24) is 68.2 Å². The van der Waals surface area contributed by atoms with E-state index < -0.39 is 76.9 Å². The maximum atomic E-state index is 15.1. The highest BCUT2D eigenvalue weighted by Gasteiger charge is 2.41. The van der Waals surface area contributed by atoms with Crippen molar-refractivity contribution in [1.29, 1.82) is 0 Å². The minimum absolute atomic E-state index is 0.000118. The number of halogens is 7. The summed E-state index contributed by atoms with van der Waals surface area (Å²) in [4.78, 5) is 120. The maximum Gasteiger partial charge on any atom is 0.433 e. The van der Waals surface area contributed by atoms with Crippen molar-refractivity contribution in [3.8, 4) is 5.75 Å². The van der Waals surface area contributed by atoms with Gasteiger partial charge in [0, 0.05) is 87.4 Å². The highest BCUT2D eigenvalue weighted by atomic mass is 35.5. The van der Waals surface area contributed by atoms with E-state index >= 15 is 13.2 Å². The monoisotopic (exact) mass is 1630 g/mol. The third kappa shape index (κ3) is 15.6. The summed E-state index contributed by atoms with van der Waals surface area (Å²) < 4.78 is 109. The number of rotatable bonds is 17. The van der Waals surface area contributed by atoms with Crippen LogP contribution < -0.4 is 42.3 Å². The Morgan fingerprint density at radius 2 is 1.10 bits per heavy atom. The predicted octanol–water partition coefficient (Wildman–Crippen LogP) is 12.4. The second-order valence-electron chi connectivity index (χ2n) is 32.4. The summed E-state index contributed by atoms with van der Waals surface area (Å²) in [6.45, 7) is 5.19. The number of nitrogens with zero attached hydrogens (tertiary/aromatic N) is 13. The quantitative estimate of drug-likeness (QED) is 0.0486. The molecule has 5 saturated heterocycles. The largest absolute Gasteiger partial charge is 0.494 e. The lowest BCUT2D eigenvalue weighted by molar-refractivity contribution is -0.142. The molecule has 3 unspecified atom stereocenters. The normalized spacial score (nSPS) is 22.6. The van der Waals surface area contributed by atoms with Crippen molar-refractivity contribution in [2.24, 2.45) is 25.9 Å². The second kappa shape index (κ2) is 31.6. The molecular weight excluding hydrogens is 1540 g/mol. The van der Waals surface area contributed by atoms with Crippen molar-refractivity contribution >= 4 is 108 Å². The molecule has 4 N–H and O–H groups in total. The van der Waals surface area contributed by atoms with E-state index in [-0.39, 0.29) is 115 Å². The molecule has 7 aliphatic rings. The standard InChI is InChI=1S/C83H88ClF6N17O10/c1-99-74-54(6-4-8-62(74)106(80(99)114)64-20-22-71(108)95-78(64)112)47-24-28-101(29-25-47)40-45-10-14-52(15-11-45)104-42-50-35-59(93-76(110)56-7-5-9-69(91-56)82(85,86)87)66(38-57(50)97-104)103-32-33-117-68(44-103)49-34-61(92-70(37-49)83(88,89)90)77(111)94-60-36-51-43-105(98-58(51)39-67(60)116-3)53-16-12-46(13-17-53)41-102-30-26-48(27-31-102)73-55(84)18-19-63-75(73)100(2)81(115)107(63)65-21-23-72(109)96-79(65)113/h4-9,18-19,34-39,42-43,45-48,52-53,64-65,68H,10-17,20-33,40-41,44H2,1-3H3,(H,93,110)(H,94,111)(H,95,108,112)(H,96,109,113)/t45-,46-,52-,53-,64?,65?,68?. The fourth-order valence-electron chi connectivity index (χ4n) is 19.2. The Labute approximate surface area is 670 Å². The van der Waals surface area contributed by atoms with Gasteiger partial charge in [-0.25, -0.2) is 19.6 Å². The summed E-state index contributed by atoms with van der Waals surface area (Å²) >= 11 is 6.94. The number of imide groups is 2. The number of hydrogen-bond acceptors (Lipinski definition) is 17. The third-order valence-electron chi connectivity index (χ3n) is 25.2. The van der Waals surface area contributed by atoms with Gasteiger partial charge >= 0.3 is 23.7 Å². The first kappa shape index (κ1) is 78.7. The van der Waals surface area contributed by atoms with Crippen LogP contribution in [0.2, 0.25) is 5.02 Å². The van der Waals surface area contributed by atoms with E-state index in [2.05, 4.69) is 47.1 Å². The molecule has 34 heteroatoms. The number of carbonyl (C=O) groups is 6. The van der Waals surface area contributed by atoms with E-state index in [1.54, 1.807) is 64.5 Å². The number of benzene rings is 4. The van der Waals surface area contributed by atoms with Crippen LogP contribution in [0, 0.1) is 11.8 Å². The Morgan fingerprint density at radius 3 is 1.68 bits per heavy atom. The van der Waals surface area contributed by atoms with Crippen molar-refractivity contribution in [2.45, 2.75) is 157 Å². The number of pyridine rings is 2. The molecule has 17 rings (SSSR count). The van der Waals surface area contributed by atoms with Crippen LogP contribution in [0.4, 0.5) is 43.4 Å². The number of amides is 6. The second-order valence-corrected chi connectivity index (χ2v) is 32.9. The molecule has 5 aliphatic heterocycles. The lowest BCUT2D eigenvalue weighted by atomic mass is 9.84. The summed E-state index contributed by atoms with van der Waals surface area (Å²) in [6.07, 6.45) is 4.02. The molecule has 2 saturated carbocycles. The zero-order valence-electron chi connectivity index (χ0n) is 64.7. The van der Waals surface area contributed by atoms with Gasteiger partial charge in [0.1, 0.15) is 46.7 Å². The smallest absolute Gasteiger partial charge is 0.433 e. The lowest BCUT2D eigenvalue weighted by Crippen LogP contribution is -2.44. The Bertz CT molecular complexity index is 5740. The van der Waals surface area contributed by atoms with Gasteiger partial charge in [-0.05, 0) is 217 Å². The average molecular weight is 1630 g/mol. The van der Waals surface area contributed by atoms with Crippen LogP contribution in [0.1, 0.15) is 194 Å². The number of aromatic nitrogens is 10. The Kier molecular flexibility index (Phi) is 21.3. The van der Waals surface area contributed by atoms with Gasteiger partial charge in [-0.1, -0.05) is 29.8 Å². The van der Waals surface area contributed by atoms with Crippen molar-refractivity contribution in [3.63, 3.8) is 0 Å². The molecule has 2 aliphatic carbocycles. The molecule has 0 radical (unpaired) electrons. The number of fused-ring (bicyclic) bond motifs is 4. The van der Waals surface area contributed by atoms with E-state index in [9.17, 15) is 51.5 Å². The fourth-order valence-corrected chi connectivity index (χ4v) is 19.5. The van der Waals surface area contributed by atoms with Gasteiger partial charge in [0.15, 0.2) is 0 Å². The minimum Gasteiger partial charge on any atom is -0.494 e. The molecule has 117 heavy (non-hydrogen) atoms. The van der Waals surface area contributed by atoms with E-state index in [1.807, 2.05) is 33.9 Å². The van der Waals surface area contributed by atoms with E-state index in [0.29, 0.717) is 60.9 Å². The molecule has 0 spiro atoms. The predicted molar refractivity (Wildman–Crippen MR) is 422 cm³/mol. The Balaban J connectivity index is 0.548. The number of imidazole rings is 2. The zero-order valence-corrected chi connectivity index (χ0v) is 65.4. The fraction of sp³-hybridized carbons (Fsp3) is 0.470. The molecule has 10 aromatic rings. The van der Waals surface area contributed by atoms with Crippen molar-refractivity contribution in [2.75, 3.05) is 81.6 Å². The summed E-state index contributed by atoms with van der Waals surface area (Å²) in [7, 11) is 4.83. The van der Waals surface area contributed by atoms with Gasteiger partial charge in [0.05, 0.1) is 76.0 Å². The number of nitrogens with one attached hydrogen (secondary N) is 4. The van der Waals surface area contributed by atoms with Crippen molar-refractivity contribution < 1.29 is 64.6 Å². The number of aryl methyl sites for hydroxylation is 2. The first-order chi connectivity index (χ1) is 56.2. The number of anilines is 3. The molecule has 27 nitrogen and oxygen atoms in total. The van der Waals surface area contributed by atoms with Crippen LogP contribution in [0.5, 0.6) is 5.75 Å². The van der Waals surface area contributed by atoms with Gasteiger partial charge in [0.2, 0.25) is 23.6 Å². The number of piperidine rings is 4. The lowest BCUT2D eigenvalue weighted by Gasteiger charge is -2.37. The molecular formula is C83H88ClF6N17O10. The van der Waals surface area contributed by atoms with E-state index in [4.69, 9.17) is 31.3 Å². The average Bonchev–Trinajstić information content (AvgIpc) is 1.60. The highest BCUT2D eigenvalue weighted by Crippen LogP contribution is 2.45. The Morgan fingerprint density at radius 1 is 0.573 bits per heavy atom. The zero-order chi connectivity index (χ0) is 81.6. The molecule has 7 fully saturated rings. The van der Waals surface area contributed by atoms with E-state index in [1.165, 1.54) is 22.3 Å². The van der Waals surface area contributed by atoms with Gasteiger partial charge in [-0.2, -0.15) is 36.5 Å². The van der Waals surface area contributed by atoms with Crippen LogP contribution in [0.25, 0.3) is 43.9 Å².